The predicted molar refractivity (Wildman–Crippen MR) is 142 cm³/mol. The molecule has 13 heteroatoms. The van der Waals surface area contributed by atoms with Gasteiger partial charge in [-0.3, -0.25) is 9.59 Å². The van der Waals surface area contributed by atoms with Gasteiger partial charge in [0.05, 0.1) is 25.1 Å². The summed E-state index contributed by atoms with van der Waals surface area (Å²) in [6, 6.07) is 10.7. The van der Waals surface area contributed by atoms with Crippen molar-refractivity contribution in [1.82, 2.24) is 24.8 Å². The number of carbonyl (C=O) groups excluding carboxylic acids is 4. The molecule has 1 unspecified atom stereocenters. The van der Waals surface area contributed by atoms with E-state index in [1.807, 2.05) is 6.07 Å². The van der Waals surface area contributed by atoms with E-state index in [0.29, 0.717) is 0 Å². The highest BCUT2D eigenvalue weighted by atomic mass is 16.6. The summed E-state index contributed by atoms with van der Waals surface area (Å²) < 4.78 is 17.7. The molecule has 3 rings (SSSR count). The Hall–Kier alpha value is -4.68. The van der Waals surface area contributed by atoms with Crippen LogP contribution in [0.25, 0.3) is 5.65 Å². The average Bonchev–Trinajstić information content (AvgIpc) is 3.22. The Morgan fingerprint density at radius 3 is 2.42 bits per heavy atom. The Balaban J connectivity index is 1.67. The molecular formula is C27H33N5O8. The molecule has 0 spiro atoms. The summed E-state index contributed by atoms with van der Waals surface area (Å²) in [5.41, 5.74) is -0.235. The molecule has 2 heterocycles. The van der Waals surface area contributed by atoms with Crippen molar-refractivity contribution >= 4 is 29.6 Å². The number of hydrogen-bond acceptors (Lipinski definition) is 9. The molecule has 0 aliphatic carbocycles. The lowest BCUT2D eigenvalue weighted by atomic mass is 10.2. The minimum Gasteiger partial charge on any atom is -0.466 e. The molecule has 1 atom stereocenters. The first-order valence-corrected chi connectivity index (χ1v) is 12.7. The minimum atomic E-state index is -1.25. The largest absolute Gasteiger partial charge is 0.466 e. The summed E-state index contributed by atoms with van der Waals surface area (Å²) in [6.07, 6.45) is 0.403. The lowest BCUT2D eigenvalue weighted by Crippen LogP contribution is -2.50. The van der Waals surface area contributed by atoms with E-state index in [-0.39, 0.29) is 43.9 Å². The number of fused-ring (bicyclic) bond motifs is 1. The maximum atomic E-state index is 12.9. The van der Waals surface area contributed by atoms with Gasteiger partial charge in [-0.1, -0.05) is 30.3 Å². The molecule has 2 N–H and O–H groups in total. The van der Waals surface area contributed by atoms with E-state index >= 15 is 0 Å². The monoisotopic (exact) mass is 555 g/mol. The van der Waals surface area contributed by atoms with Crippen LogP contribution in [0.4, 0.5) is 4.79 Å². The van der Waals surface area contributed by atoms with Gasteiger partial charge in [-0.15, -0.1) is 5.10 Å². The quantitative estimate of drug-likeness (QED) is 0.266. The number of esters is 2. The number of nitrogens with zero attached hydrogens (tertiary/aromatic N) is 3. The molecule has 0 bridgehead atoms. The molecule has 40 heavy (non-hydrogen) atoms. The first-order valence-electron chi connectivity index (χ1n) is 12.7. The van der Waals surface area contributed by atoms with E-state index in [4.69, 9.17) is 14.2 Å². The molecule has 3 aromatic rings. The molecule has 0 aliphatic heterocycles. The van der Waals surface area contributed by atoms with E-state index in [9.17, 15) is 24.0 Å². The standard InChI is InChI=1S/C27H33N5O8/c1-5-38-22(33)13-14-32-26(37)31-16-19(11-12-21(31)30-32)23(34)28-15-20(24(35)40-27(2,3)4)29-25(36)39-17-18-9-7-6-8-10-18/h6-12,16,20H,5,13-15,17H2,1-4H3,(H,28,34)(H,29,36). The minimum absolute atomic E-state index is 0.0116. The van der Waals surface area contributed by atoms with Gasteiger partial charge in [0.15, 0.2) is 5.65 Å². The Morgan fingerprint density at radius 1 is 1.02 bits per heavy atom. The first kappa shape index (κ1) is 29.9. The summed E-state index contributed by atoms with van der Waals surface area (Å²) in [5, 5.41) is 9.16. The van der Waals surface area contributed by atoms with Crippen molar-refractivity contribution in [3.05, 3.63) is 70.3 Å². The number of hydrogen-bond donors (Lipinski definition) is 2. The van der Waals surface area contributed by atoms with Gasteiger partial charge >= 0.3 is 23.7 Å². The van der Waals surface area contributed by atoms with Crippen molar-refractivity contribution in [3.63, 3.8) is 0 Å². The molecule has 0 fully saturated rings. The van der Waals surface area contributed by atoms with Crippen LogP contribution in [0, 0.1) is 0 Å². The zero-order chi connectivity index (χ0) is 29.3. The Morgan fingerprint density at radius 2 is 1.75 bits per heavy atom. The number of rotatable bonds is 11. The predicted octanol–water partition coefficient (Wildman–Crippen LogP) is 1.82. The van der Waals surface area contributed by atoms with Crippen LogP contribution >= 0.6 is 0 Å². The van der Waals surface area contributed by atoms with Gasteiger partial charge in [-0.25, -0.2) is 23.5 Å². The second kappa shape index (κ2) is 13.4. The van der Waals surface area contributed by atoms with Crippen LogP contribution < -0.4 is 16.3 Å². The van der Waals surface area contributed by atoms with Crippen molar-refractivity contribution in [1.29, 1.82) is 0 Å². The lowest BCUT2D eigenvalue weighted by Gasteiger charge is -2.24. The lowest BCUT2D eigenvalue weighted by molar-refractivity contribution is -0.157. The highest BCUT2D eigenvalue weighted by Crippen LogP contribution is 2.09. The van der Waals surface area contributed by atoms with E-state index in [1.54, 1.807) is 52.0 Å². The number of pyridine rings is 1. The molecule has 0 saturated carbocycles. The number of carbonyl (C=O) groups is 4. The van der Waals surface area contributed by atoms with Gasteiger partial charge in [0, 0.05) is 12.7 Å². The first-order chi connectivity index (χ1) is 19.0. The van der Waals surface area contributed by atoms with E-state index < -0.39 is 41.3 Å². The van der Waals surface area contributed by atoms with Crippen LogP contribution in [0.15, 0.2) is 53.5 Å². The fraction of sp³-hybridized carbons (Fsp3) is 0.407. The van der Waals surface area contributed by atoms with Gasteiger partial charge in [0.1, 0.15) is 18.2 Å². The topological polar surface area (TPSA) is 159 Å². The van der Waals surface area contributed by atoms with Crippen molar-refractivity contribution in [2.45, 2.75) is 58.9 Å². The number of amides is 2. The molecule has 0 saturated heterocycles. The zero-order valence-electron chi connectivity index (χ0n) is 22.8. The molecule has 0 aliphatic rings. The van der Waals surface area contributed by atoms with Crippen molar-refractivity contribution < 1.29 is 33.4 Å². The van der Waals surface area contributed by atoms with Gasteiger partial charge in [0.25, 0.3) is 5.91 Å². The number of aromatic nitrogens is 3. The second-order valence-corrected chi connectivity index (χ2v) is 9.71. The fourth-order valence-electron chi connectivity index (χ4n) is 3.50. The summed E-state index contributed by atoms with van der Waals surface area (Å²) in [5.74, 6) is -1.83. The summed E-state index contributed by atoms with van der Waals surface area (Å²) in [4.78, 5) is 62.4. The second-order valence-electron chi connectivity index (χ2n) is 9.71. The molecule has 2 amide bonds. The van der Waals surface area contributed by atoms with Gasteiger partial charge in [-0.05, 0) is 45.4 Å². The Bertz CT molecular complexity index is 1410. The SMILES string of the molecule is CCOC(=O)CCn1nc2ccc(C(=O)NCC(NC(=O)OCc3ccccc3)C(=O)OC(C)(C)C)cn2c1=O. The third-order valence-electron chi connectivity index (χ3n) is 5.34. The number of alkyl carbamates (subject to hydrolysis) is 1. The average molecular weight is 556 g/mol. The van der Waals surface area contributed by atoms with E-state index in [1.165, 1.54) is 22.7 Å². The maximum absolute atomic E-state index is 12.9. The molecule has 0 radical (unpaired) electrons. The summed E-state index contributed by atoms with van der Waals surface area (Å²) in [7, 11) is 0. The number of benzene rings is 1. The van der Waals surface area contributed by atoms with Crippen LogP contribution in [-0.2, 0) is 37.0 Å². The number of ether oxygens (including phenoxy) is 3. The molecule has 1 aromatic carbocycles. The molecular weight excluding hydrogens is 522 g/mol. The molecule has 2 aromatic heterocycles. The van der Waals surface area contributed by atoms with Crippen LogP contribution in [-0.4, -0.2) is 62.9 Å². The van der Waals surface area contributed by atoms with Crippen molar-refractivity contribution in [3.8, 4) is 0 Å². The zero-order valence-corrected chi connectivity index (χ0v) is 22.8. The smallest absolute Gasteiger partial charge is 0.408 e. The maximum Gasteiger partial charge on any atom is 0.408 e. The van der Waals surface area contributed by atoms with Gasteiger partial charge < -0.3 is 24.8 Å². The van der Waals surface area contributed by atoms with Crippen LogP contribution in [0.5, 0.6) is 0 Å². The highest BCUT2D eigenvalue weighted by Gasteiger charge is 2.28. The normalized spacial score (nSPS) is 11.9. The third-order valence-corrected chi connectivity index (χ3v) is 5.34. The van der Waals surface area contributed by atoms with Gasteiger partial charge in [-0.2, -0.15) is 0 Å². The van der Waals surface area contributed by atoms with Crippen molar-refractivity contribution in [2.24, 2.45) is 0 Å². The fourth-order valence-corrected chi connectivity index (χ4v) is 3.50. The van der Waals surface area contributed by atoms with Crippen LogP contribution in [0.3, 0.4) is 0 Å². The van der Waals surface area contributed by atoms with Crippen LogP contribution in [0.1, 0.15) is 50.0 Å². The molecule has 214 valence electrons. The Kier molecular flexibility index (Phi) is 10.0. The highest BCUT2D eigenvalue weighted by molar-refractivity contribution is 5.94. The van der Waals surface area contributed by atoms with E-state index in [2.05, 4.69) is 15.7 Å². The van der Waals surface area contributed by atoms with Gasteiger partial charge in [0.2, 0.25) is 0 Å². The summed E-state index contributed by atoms with van der Waals surface area (Å²) >= 11 is 0. The number of aryl methyl sites for hydroxylation is 1. The summed E-state index contributed by atoms with van der Waals surface area (Å²) in [6.45, 7) is 6.64. The third kappa shape index (κ3) is 8.68. The Labute approximate surface area is 230 Å². The number of nitrogens with one attached hydrogen (secondary N) is 2. The van der Waals surface area contributed by atoms with Crippen LogP contribution in [0.2, 0.25) is 0 Å². The molecule has 13 nitrogen and oxygen atoms in total. The van der Waals surface area contributed by atoms with Crippen molar-refractivity contribution in [2.75, 3.05) is 13.2 Å². The van der Waals surface area contributed by atoms with E-state index in [0.717, 1.165) is 10.2 Å².